The number of carboxylic acids is 1. The van der Waals surface area contributed by atoms with Crippen LogP contribution < -0.4 is 5.32 Å². The number of hydrazine groups is 1. The maximum Gasteiger partial charge on any atom is 0.334 e. The number of carbonyl (C=O) groups is 4. The molecular formula is C33H34N8O6. The molecule has 4 aromatic rings. The quantitative estimate of drug-likeness (QED) is 0.220. The van der Waals surface area contributed by atoms with E-state index >= 15 is 0 Å². The Kier molecular flexibility index (Phi) is 8.84. The molecule has 242 valence electrons. The Hall–Kier alpha value is -5.76. The molecule has 14 heteroatoms. The number of rotatable bonds is 10. The number of hydrogen-bond donors (Lipinski definition) is 3. The lowest BCUT2D eigenvalue weighted by molar-refractivity contribution is -0.189. The largest absolute Gasteiger partial charge is 0.508 e. The lowest BCUT2D eigenvalue weighted by atomic mass is 9.98. The SMILES string of the molecule is C=CCN1CC(=O)N2[C@@H](Cc3ccc(O)cc3)C(=O)N(Cc3cccc4nnn(CC(=O)O)c34)C[C@@H]2N1C(=O)NCc1ccccc1. The Morgan fingerprint density at radius 2 is 1.77 bits per heavy atom. The average Bonchev–Trinajstić information content (AvgIpc) is 3.46. The monoisotopic (exact) mass is 638 g/mol. The number of carbonyl (C=O) groups excluding carboxylic acids is 3. The van der Waals surface area contributed by atoms with Crippen molar-refractivity contribution in [3.8, 4) is 5.75 Å². The zero-order valence-corrected chi connectivity index (χ0v) is 25.5. The molecule has 3 aromatic carbocycles. The number of nitrogens with one attached hydrogen (secondary N) is 1. The summed E-state index contributed by atoms with van der Waals surface area (Å²) in [7, 11) is 0. The number of aromatic nitrogens is 3. The number of piperazine rings is 1. The van der Waals surface area contributed by atoms with E-state index in [1.165, 1.54) is 26.7 Å². The molecule has 6 rings (SSSR count). The van der Waals surface area contributed by atoms with Gasteiger partial charge < -0.3 is 25.3 Å². The van der Waals surface area contributed by atoms with Crippen molar-refractivity contribution < 1.29 is 29.4 Å². The highest BCUT2D eigenvalue weighted by Crippen LogP contribution is 2.30. The standard InChI is InChI=1S/C33H34N8O6/c1-2-15-38-20-29(43)40-27(16-22-11-13-25(42)14-12-22)32(46)37(18-24-9-6-10-26-31(24)39(36-35-26)21-30(44)45)19-28(40)41(38)33(47)34-17-23-7-4-3-5-8-23/h2-14,27-28,42H,1,15-21H2,(H,34,47)(H,44,45)/t27-,28-/m0/s1. The van der Waals surface area contributed by atoms with E-state index in [1.807, 2.05) is 30.3 Å². The topological polar surface area (TPSA) is 164 Å². The molecule has 2 aliphatic heterocycles. The molecule has 0 radical (unpaired) electrons. The number of phenols is 1. The van der Waals surface area contributed by atoms with Crippen LogP contribution in [0.3, 0.4) is 0 Å². The van der Waals surface area contributed by atoms with Crippen LogP contribution in [-0.2, 0) is 40.4 Å². The van der Waals surface area contributed by atoms with E-state index in [2.05, 4.69) is 22.2 Å². The second-order valence-corrected chi connectivity index (χ2v) is 11.4. The maximum atomic E-state index is 14.3. The molecular weight excluding hydrogens is 604 g/mol. The summed E-state index contributed by atoms with van der Waals surface area (Å²) >= 11 is 0. The van der Waals surface area contributed by atoms with Gasteiger partial charge in [0.1, 0.15) is 30.0 Å². The molecule has 14 nitrogen and oxygen atoms in total. The van der Waals surface area contributed by atoms with Crippen molar-refractivity contribution >= 4 is 34.8 Å². The van der Waals surface area contributed by atoms with Crippen molar-refractivity contribution in [3.05, 3.63) is 102 Å². The van der Waals surface area contributed by atoms with Gasteiger partial charge in [-0.1, -0.05) is 65.9 Å². The van der Waals surface area contributed by atoms with Crippen LogP contribution in [-0.4, -0.2) is 101 Å². The summed E-state index contributed by atoms with van der Waals surface area (Å²) in [6.07, 6.45) is 0.881. The molecule has 0 bridgehead atoms. The first-order valence-corrected chi connectivity index (χ1v) is 15.1. The van der Waals surface area contributed by atoms with Crippen LogP contribution in [0.2, 0.25) is 0 Å². The molecule has 2 atom stereocenters. The van der Waals surface area contributed by atoms with Crippen LogP contribution in [0.1, 0.15) is 16.7 Å². The number of nitrogens with zero attached hydrogens (tertiary/aromatic N) is 7. The van der Waals surface area contributed by atoms with Gasteiger partial charge in [-0.15, -0.1) is 11.7 Å². The highest BCUT2D eigenvalue weighted by molar-refractivity contribution is 5.92. The number of aromatic hydroxyl groups is 1. The fourth-order valence-corrected chi connectivity index (χ4v) is 6.23. The summed E-state index contributed by atoms with van der Waals surface area (Å²) in [6.45, 7) is 3.77. The smallest absolute Gasteiger partial charge is 0.334 e. The van der Waals surface area contributed by atoms with Crippen molar-refractivity contribution in [1.82, 2.24) is 40.1 Å². The summed E-state index contributed by atoms with van der Waals surface area (Å²) in [4.78, 5) is 56.7. The Morgan fingerprint density at radius 3 is 2.49 bits per heavy atom. The Bertz CT molecular complexity index is 1810. The zero-order valence-electron chi connectivity index (χ0n) is 25.5. The molecule has 0 unspecified atom stereocenters. The number of benzene rings is 3. The first-order valence-electron chi connectivity index (χ1n) is 15.1. The summed E-state index contributed by atoms with van der Waals surface area (Å²) < 4.78 is 1.28. The number of aliphatic carboxylic acids is 1. The predicted molar refractivity (Wildman–Crippen MR) is 169 cm³/mol. The summed E-state index contributed by atoms with van der Waals surface area (Å²) in [5.41, 5.74) is 3.18. The first-order chi connectivity index (χ1) is 22.7. The molecule has 47 heavy (non-hydrogen) atoms. The van der Waals surface area contributed by atoms with E-state index in [9.17, 15) is 29.4 Å². The van der Waals surface area contributed by atoms with E-state index in [1.54, 1.807) is 46.3 Å². The normalized spacial score (nSPS) is 18.3. The van der Waals surface area contributed by atoms with Crippen molar-refractivity contribution in [1.29, 1.82) is 0 Å². The molecule has 0 saturated carbocycles. The number of amides is 4. The predicted octanol–water partition coefficient (Wildman–Crippen LogP) is 1.96. The minimum Gasteiger partial charge on any atom is -0.508 e. The molecule has 2 saturated heterocycles. The summed E-state index contributed by atoms with van der Waals surface area (Å²) in [5, 5.41) is 33.5. The van der Waals surface area contributed by atoms with Crippen LogP contribution in [0.25, 0.3) is 11.0 Å². The van der Waals surface area contributed by atoms with Gasteiger partial charge in [0, 0.05) is 26.1 Å². The van der Waals surface area contributed by atoms with Gasteiger partial charge in [-0.05, 0) is 34.9 Å². The Morgan fingerprint density at radius 1 is 1.00 bits per heavy atom. The first kappa shape index (κ1) is 31.2. The highest BCUT2D eigenvalue weighted by atomic mass is 16.4. The van der Waals surface area contributed by atoms with Crippen molar-refractivity contribution in [2.24, 2.45) is 0 Å². The molecule has 0 aliphatic carbocycles. The van der Waals surface area contributed by atoms with Crippen LogP contribution in [0.15, 0.2) is 85.5 Å². The number of fused-ring (bicyclic) bond motifs is 2. The number of urea groups is 1. The second kappa shape index (κ2) is 13.3. The third-order valence-electron chi connectivity index (χ3n) is 8.29. The lowest BCUT2D eigenvalue weighted by Gasteiger charge is -2.55. The number of phenolic OH excluding ortho intramolecular Hbond substituents is 1. The van der Waals surface area contributed by atoms with Crippen LogP contribution in [0, 0.1) is 0 Å². The van der Waals surface area contributed by atoms with Gasteiger partial charge >= 0.3 is 12.0 Å². The van der Waals surface area contributed by atoms with Crippen LogP contribution in [0.4, 0.5) is 4.79 Å². The Balaban J connectivity index is 1.38. The van der Waals surface area contributed by atoms with Crippen LogP contribution >= 0.6 is 0 Å². The molecule has 1 aromatic heterocycles. The lowest BCUT2D eigenvalue weighted by Crippen LogP contribution is -2.76. The molecule has 3 N–H and O–H groups in total. The van der Waals surface area contributed by atoms with Gasteiger partial charge in [0.05, 0.1) is 18.6 Å². The molecule has 4 amide bonds. The second-order valence-electron chi connectivity index (χ2n) is 11.4. The number of hydrogen-bond acceptors (Lipinski definition) is 8. The number of para-hydroxylation sites is 1. The molecule has 2 fully saturated rings. The average molecular weight is 639 g/mol. The Labute approximate surface area is 270 Å². The minimum atomic E-state index is -1.09. The third kappa shape index (κ3) is 6.49. The minimum absolute atomic E-state index is 0.0140. The maximum absolute atomic E-state index is 14.3. The van der Waals surface area contributed by atoms with Crippen molar-refractivity contribution in [2.45, 2.75) is 38.3 Å². The van der Waals surface area contributed by atoms with E-state index in [0.29, 0.717) is 22.2 Å². The van der Waals surface area contributed by atoms with Crippen molar-refractivity contribution in [3.63, 3.8) is 0 Å². The van der Waals surface area contributed by atoms with E-state index in [0.717, 1.165) is 5.56 Å². The van der Waals surface area contributed by atoms with E-state index in [-0.39, 0.29) is 56.7 Å². The third-order valence-corrected chi connectivity index (χ3v) is 8.29. The fourth-order valence-electron chi connectivity index (χ4n) is 6.23. The van der Waals surface area contributed by atoms with Crippen molar-refractivity contribution in [2.75, 3.05) is 19.6 Å². The van der Waals surface area contributed by atoms with E-state index in [4.69, 9.17) is 0 Å². The fraction of sp³-hybridized carbons (Fsp3) is 0.273. The molecule has 3 heterocycles. The van der Waals surface area contributed by atoms with Gasteiger partial charge in [-0.3, -0.25) is 14.4 Å². The summed E-state index contributed by atoms with van der Waals surface area (Å²) in [5.74, 6) is -1.67. The highest BCUT2D eigenvalue weighted by Gasteiger charge is 2.51. The van der Waals surface area contributed by atoms with Gasteiger partial charge in [-0.25, -0.2) is 19.5 Å². The zero-order chi connectivity index (χ0) is 33.1. The van der Waals surface area contributed by atoms with Gasteiger partial charge in [0.15, 0.2) is 0 Å². The van der Waals surface area contributed by atoms with Crippen LogP contribution in [0.5, 0.6) is 5.75 Å². The number of carboxylic acid groups (broad SMARTS) is 1. The van der Waals surface area contributed by atoms with Gasteiger partial charge in [-0.2, -0.15) is 0 Å². The van der Waals surface area contributed by atoms with Gasteiger partial charge in [0.2, 0.25) is 11.8 Å². The molecule has 0 spiro atoms. The van der Waals surface area contributed by atoms with E-state index < -0.39 is 30.8 Å². The molecule has 2 aliphatic rings. The van der Waals surface area contributed by atoms with Gasteiger partial charge in [0.25, 0.3) is 0 Å². The summed E-state index contributed by atoms with van der Waals surface area (Å²) in [6, 6.07) is 19.7.